The molecule has 1 aromatic rings. The molecule has 1 aromatic carbocycles. The van der Waals surface area contributed by atoms with Crippen molar-refractivity contribution in [2.45, 2.75) is 39.8 Å². The van der Waals surface area contributed by atoms with Crippen LogP contribution in [0.25, 0.3) is 0 Å². The maximum absolute atomic E-state index is 12.9. The minimum atomic E-state index is -4.43. The van der Waals surface area contributed by atoms with Crippen molar-refractivity contribution in [2.24, 2.45) is 10.3 Å². The summed E-state index contributed by atoms with van der Waals surface area (Å²) < 4.78 is 38.8. The van der Waals surface area contributed by atoms with Gasteiger partial charge in [0.15, 0.2) is 5.71 Å². The van der Waals surface area contributed by atoms with Gasteiger partial charge >= 0.3 is 6.18 Å². The first-order valence-corrected chi connectivity index (χ1v) is 9.62. The van der Waals surface area contributed by atoms with Crippen molar-refractivity contribution in [2.75, 3.05) is 20.8 Å². The first-order chi connectivity index (χ1) is 14.6. The number of amides is 1. The average Bonchev–Trinajstić information content (AvgIpc) is 2.73. The summed E-state index contributed by atoms with van der Waals surface area (Å²) in [6, 6.07) is 4.89. The summed E-state index contributed by atoms with van der Waals surface area (Å²) in [5.41, 5.74) is 3.80. The number of carbonyl (C=O) groups is 1. The van der Waals surface area contributed by atoms with Gasteiger partial charge in [0, 0.05) is 7.05 Å². The molecule has 9 heteroatoms. The van der Waals surface area contributed by atoms with Gasteiger partial charge < -0.3 is 15.0 Å². The second-order valence-corrected chi connectivity index (χ2v) is 7.23. The van der Waals surface area contributed by atoms with E-state index in [4.69, 9.17) is 9.68 Å². The molecule has 0 radical (unpaired) electrons. The van der Waals surface area contributed by atoms with Gasteiger partial charge in [-0.1, -0.05) is 33.6 Å². The number of hydrogen-bond acceptors (Lipinski definition) is 5. The van der Waals surface area contributed by atoms with Gasteiger partial charge in [0.05, 0.1) is 11.3 Å². The largest absolute Gasteiger partial charge is 0.416 e. The van der Waals surface area contributed by atoms with E-state index in [9.17, 15) is 18.0 Å². The number of allylic oxidation sites excluding steroid dienone is 2. The maximum Gasteiger partial charge on any atom is 0.416 e. The van der Waals surface area contributed by atoms with E-state index in [2.05, 4.69) is 15.6 Å². The smallest absolute Gasteiger partial charge is 0.398 e. The van der Waals surface area contributed by atoms with Crippen LogP contribution in [0.5, 0.6) is 0 Å². The molecule has 0 unspecified atom stereocenters. The van der Waals surface area contributed by atoms with Crippen molar-refractivity contribution in [3.05, 3.63) is 57.7 Å². The van der Waals surface area contributed by atoms with Gasteiger partial charge in [0.1, 0.15) is 13.7 Å². The highest BCUT2D eigenvalue weighted by Crippen LogP contribution is 2.31. The van der Waals surface area contributed by atoms with Crippen molar-refractivity contribution in [1.29, 1.82) is 0 Å². The molecule has 6 nitrogen and oxygen atoms in total. The Morgan fingerprint density at radius 3 is 2.45 bits per heavy atom. The number of nitrogens with one attached hydrogen (secondary N) is 1. The number of rotatable bonds is 7. The zero-order valence-corrected chi connectivity index (χ0v) is 18.2. The van der Waals surface area contributed by atoms with Crippen LogP contribution in [0.2, 0.25) is 0 Å². The molecule has 1 aliphatic carbocycles. The third-order valence-electron chi connectivity index (χ3n) is 5.03. The van der Waals surface area contributed by atoms with Crippen LogP contribution in [0.15, 0.2) is 56.9 Å². The minimum Gasteiger partial charge on any atom is -0.398 e. The third-order valence-corrected chi connectivity index (χ3v) is 5.03. The van der Waals surface area contributed by atoms with E-state index in [-0.39, 0.29) is 18.2 Å². The lowest BCUT2D eigenvalue weighted by Gasteiger charge is -2.22. The molecule has 0 atom stereocenters. The molecule has 2 rings (SSSR count). The Kier molecular flexibility index (Phi) is 8.01. The molecule has 1 aliphatic rings. The molecule has 31 heavy (non-hydrogen) atoms. The van der Waals surface area contributed by atoms with Gasteiger partial charge in [-0.2, -0.15) is 13.2 Å². The second kappa shape index (κ2) is 10.3. The Hall–Kier alpha value is -3.10. The highest BCUT2D eigenvalue weighted by Gasteiger charge is 2.30. The molecular weight excluding hydrogens is 411 g/mol. The number of halogens is 3. The quantitative estimate of drug-likeness (QED) is 0.384. The lowest BCUT2D eigenvalue weighted by molar-refractivity contribution is -0.137. The van der Waals surface area contributed by atoms with Gasteiger partial charge in [0.25, 0.3) is 5.91 Å². The molecule has 168 valence electrons. The van der Waals surface area contributed by atoms with Crippen LogP contribution < -0.4 is 5.32 Å². The van der Waals surface area contributed by atoms with Crippen molar-refractivity contribution >= 4 is 17.3 Å². The zero-order valence-electron chi connectivity index (χ0n) is 18.2. The average molecular weight is 437 g/mol. The van der Waals surface area contributed by atoms with E-state index in [1.807, 2.05) is 13.8 Å². The maximum atomic E-state index is 12.9. The van der Waals surface area contributed by atoms with Gasteiger partial charge in [-0.15, -0.1) is 0 Å². The van der Waals surface area contributed by atoms with Crippen LogP contribution in [0, 0.1) is 0 Å². The summed E-state index contributed by atoms with van der Waals surface area (Å²) in [7, 11) is 2.86. The fourth-order valence-electron chi connectivity index (χ4n) is 3.13. The monoisotopic (exact) mass is 437 g/mol. The topological polar surface area (TPSA) is 72.3 Å². The summed E-state index contributed by atoms with van der Waals surface area (Å²) in [6.45, 7) is 5.62. The van der Waals surface area contributed by atoms with Crippen molar-refractivity contribution in [3.63, 3.8) is 0 Å². The van der Waals surface area contributed by atoms with Gasteiger partial charge in [-0.3, -0.25) is 4.79 Å². The van der Waals surface area contributed by atoms with E-state index >= 15 is 0 Å². The standard InChI is InChI=1S/C22H26F3N3O3/c1-13-9-17(19(10-14(13)2)20(28-30-5)21(29)26-4)12-31-27-15(3)16-7-6-8-18(11-16)22(23,24)25/h6-8,11H,9-10,12H2,1-5H3,(H,26,29). The molecule has 0 spiro atoms. The first kappa shape index (κ1) is 24.2. The van der Waals surface area contributed by atoms with E-state index in [1.54, 1.807) is 6.92 Å². The predicted molar refractivity (Wildman–Crippen MR) is 113 cm³/mol. The van der Waals surface area contributed by atoms with Crippen LogP contribution in [0.1, 0.15) is 44.7 Å². The predicted octanol–water partition coefficient (Wildman–Crippen LogP) is 4.62. The summed E-state index contributed by atoms with van der Waals surface area (Å²) >= 11 is 0. The van der Waals surface area contributed by atoms with Crippen LogP contribution in [0.4, 0.5) is 13.2 Å². The van der Waals surface area contributed by atoms with Gasteiger partial charge in [-0.25, -0.2) is 0 Å². The minimum absolute atomic E-state index is 0.0655. The fourth-order valence-corrected chi connectivity index (χ4v) is 3.13. The lowest BCUT2D eigenvalue weighted by atomic mass is 9.85. The van der Waals surface area contributed by atoms with E-state index in [0.29, 0.717) is 29.7 Å². The zero-order chi connectivity index (χ0) is 23.2. The van der Waals surface area contributed by atoms with E-state index in [1.165, 1.54) is 26.3 Å². The van der Waals surface area contributed by atoms with Crippen LogP contribution >= 0.6 is 0 Å². The van der Waals surface area contributed by atoms with E-state index in [0.717, 1.165) is 28.9 Å². The van der Waals surface area contributed by atoms with Crippen LogP contribution in [0.3, 0.4) is 0 Å². The number of oxime groups is 2. The Balaban J connectivity index is 2.27. The summed E-state index contributed by atoms with van der Waals surface area (Å²) in [4.78, 5) is 22.6. The lowest BCUT2D eigenvalue weighted by Crippen LogP contribution is -2.31. The fraction of sp³-hybridized carbons (Fsp3) is 0.409. The van der Waals surface area contributed by atoms with Crippen molar-refractivity contribution in [3.8, 4) is 0 Å². The molecule has 0 saturated heterocycles. The van der Waals surface area contributed by atoms with Gasteiger partial charge in [-0.05, 0) is 62.5 Å². The molecule has 0 heterocycles. The van der Waals surface area contributed by atoms with Crippen LogP contribution in [-0.4, -0.2) is 38.1 Å². The molecular formula is C22H26F3N3O3. The second-order valence-electron chi connectivity index (χ2n) is 7.23. The molecule has 0 bridgehead atoms. The molecule has 1 amide bonds. The van der Waals surface area contributed by atoms with E-state index < -0.39 is 11.7 Å². The normalized spacial score (nSPS) is 15.9. The van der Waals surface area contributed by atoms with Crippen molar-refractivity contribution in [1.82, 2.24) is 5.32 Å². The molecule has 0 aromatic heterocycles. The number of alkyl halides is 3. The number of hydrogen-bond donors (Lipinski definition) is 1. The molecule has 0 saturated carbocycles. The number of nitrogens with zero attached hydrogens (tertiary/aromatic N) is 2. The highest BCUT2D eigenvalue weighted by atomic mass is 19.4. The Labute approximate surface area is 179 Å². The SMILES string of the molecule is CNC(=O)C(=NOC)C1=C(CON=C(C)c2cccc(C(F)(F)F)c2)CC(C)=C(C)C1. The summed E-state index contributed by atoms with van der Waals surface area (Å²) in [5, 5.41) is 10.4. The Morgan fingerprint density at radius 2 is 1.84 bits per heavy atom. The van der Waals surface area contributed by atoms with Crippen molar-refractivity contribution < 1.29 is 27.6 Å². The third kappa shape index (κ3) is 6.19. The number of carbonyl (C=O) groups excluding carboxylic acids is 1. The highest BCUT2D eigenvalue weighted by molar-refractivity contribution is 6.45. The van der Waals surface area contributed by atoms with Gasteiger partial charge in [0.2, 0.25) is 0 Å². The summed E-state index contributed by atoms with van der Waals surface area (Å²) in [5.74, 6) is -0.384. The number of benzene rings is 1. The van der Waals surface area contributed by atoms with Crippen LogP contribution in [-0.2, 0) is 20.6 Å². The summed E-state index contributed by atoms with van der Waals surface area (Å²) in [6.07, 6.45) is -3.35. The molecule has 0 fully saturated rings. The Bertz CT molecular complexity index is 960. The molecule has 0 aliphatic heterocycles. The molecule has 1 N–H and O–H groups in total. The Morgan fingerprint density at radius 1 is 1.16 bits per heavy atom. The first-order valence-electron chi connectivity index (χ1n) is 9.62.